The Labute approximate surface area is 199 Å². The van der Waals surface area contributed by atoms with Crippen molar-refractivity contribution in [2.45, 2.75) is 20.8 Å². The van der Waals surface area contributed by atoms with Crippen molar-refractivity contribution in [1.82, 2.24) is 9.78 Å². The van der Waals surface area contributed by atoms with Crippen molar-refractivity contribution in [2.75, 3.05) is 19.0 Å². The van der Waals surface area contributed by atoms with Crippen molar-refractivity contribution in [3.8, 4) is 11.4 Å². The number of methoxy groups -OCH3 is 1. The number of rotatable bonds is 6. The molecule has 0 aliphatic rings. The van der Waals surface area contributed by atoms with Crippen molar-refractivity contribution in [1.29, 1.82) is 0 Å². The van der Waals surface area contributed by atoms with E-state index >= 15 is 0 Å². The van der Waals surface area contributed by atoms with Gasteiger partial charge in [-0.15, -0.1) is 11.3 Å². The highest BCUT2D eigenvalue weighted by atomic mass is 32.1. The van der Waals surface area contributed by atoms with Crippen LogP contribution >= 0.6 is 11.3 Å². The molecule has 0 aliphatic heterocycles. The molecule has 0 bridgehead atoms. The van der Waals surface area contributed by atoms with Crippen LogP contribution in [0.5, 0.6) is 5.75 Å². The van der Waals surface area contributed by atoms with E-state index in [9.17, 15) is 14.4 Å². The summed E-state index contributed by atoms with van der Waals surface area (Å²) in [5.74, 6) is -0.482. The van der Waals surface area contributed by atoms with E-state index in [0.29, 0.717) is 27.4 Å². The number of aromatic nitrogens is 2. The van der Waals surface area contributed by atoms with Gasteiger partial charge in [0, 0.05) is 22.4 Å². The zero-order chi connectivity index (χ0) is 24.4. The second kappa shape index (κ2) is 9.48. The van der Waals surface area contributed by atoms with Gasteiger partial charge in [0.25, 0.3) is 11.5 Å². The van der Waals surface area contributed by atoms with Crippen molar-refractivity contribution in [2.24, 2.45) is 0 Å². The molecule has 0 fully saturated rings. The second-order valence-corrected chi connectivity index (χ2v) is 8.55. The van der Waals surface area contributed by atoms with Gasteiger partial charge >= 0.3 is 5.97 Å². The van der Waals surface area contributed by atoms with Gasteiger partial charge in [-0.05, 0) is 45.0 Å². The Balaban J connectivity index is 1.89. The maximum atomic E-state index is 13.5. The number of nitrogens with zero attached hydrogens (tertiary/aromatic N) is 2. The molecule has 1 N–H and O–H groups in total. The molecule has 0 spiro atoms. The molecule has 34 heavy (non-hydrogen) atoms. The van der Waals surface area contributed by atoms with Gasteiger partial charge in [-0.3, -0.25) is 9.59 Å². The molecule has 2 aromatic carbocycles. The summed E-state index contributed by atoms with van der Waals surface area (Å²) < 4.78 is 11.6. The minimum atomic E-state index is -0.658. The molecule has 8 nitrogen and oxygen atoms in total. The highest BCUT2D eigenvalue weighted by Gasteiger charge is 2.23. The Hall–Kier alpha value is -3.98. The van der Waals surface area contributed by atoms with Crippen molar-refractivity contribution < 1.29 is 19.1 Å². The van der Waals surface area contributed by atoms with E-state index in [1.165, 1.54) is 7.11 Å². The number of esters is 1. The van der Waals surface area contributed by atoms with Crippen LogP contribution in [0, 0.1) is 13.8 Å². The van der Waals surface area contributed by atoms with Gasteiger partial charge in [-0.1, -0.05) is 23.3 Å². The van der Waals surface area contributed by atoms with Crippen LogP contribution in [-0.4, -0.2) is 35.4 Å². The zero-order valence-electron chi connectivity index (χ0n) is 19.2. The van der Waals surface area contributed by atoms with Crippen LogP contribution < -0.4 is 15.6 Å². The molecule has 2 heterocycles. The molecule has 174 valence electrons. The molecule has 9 heteroatoms. The topological polar surface area (TPSA) is 99.5 Å². The number of amides is 1. The number of carbonyl (C=O) groups is 2. The van der Waals surface area contributed by atoms with Crippen LogP contribution in [-0.2, 0) is 4.74 Å². The van der Waals surface area contributed by atoms with Crippen molar-refractivity contribution in [3.63, 3.8) is 0 Å². The lowest BCUT2D eigenvalue weighted by Gasteiger charge is -2.11. The smallest absolute Gasteiger partial charge is 0.359 e. The third-order valence-electron chi connectivity index (χ3n) is 5.13. The number of fused-ring (bicyclic) bond motifs is 1. The average Bonchev–Trinajstić information content (AvgIpc) is 3.23. The first-order chi connectivity index (χ1) is 16.3. The molecule has 0 atom stereocenters. The Morgan fingerprint density at radius 1 is 1.12 bits per heavy atom. The van der Waals surface area contributed by atoms with E-state index in [1.807, 2.05) is 19.9 Å². The number of nitrogens with one attached hydrogen (secondary N) is 1. The molecule has 0 unspecified atom stereocenters. The fourth-order valence-electron chi connectivity index (χ4n) is 3.69. The van der Waals surface area contributed by atoms with Gasteiger partial charge in [-0.2, -0.15) is 9.78 Å². The van der Waals surface area contributed by atoms with Crippen LogP contribution in [0.3, 0.4) is 0 Å². The number of thiophene rings is 1. The van der Waals surface area contributed by atoms with Gasteiger partial charge in [-0.25, -0.2) is 4.79 Å². The van der Waals surface area contributed by atoms with Crippen LogP contribution in [0.15, 0.2) is 52.6 Å². The minimum Gasteiger partial charge on any atom is -0.497 e. The van der Waals surface area contributed by atoms with Crippen LogP contribution in [0.1, 0.15) is 38.9 Å². The number of carbonyl (C=O) groups excluding carboxylic acids is 2. The van der Waals surface area contributed by atoms with Crippen molar-refractivity contribution >= 4 is 39.0 Å². The van der Waals surface area contributed by atoms with Crippen molar-refractivity contribution in [3.05, 3.63) is 80.6 Å². The molecule has 0 radical (unpaired) electrons. The first-order valence-corrected chi connectivity index (χ1v) is 11.5. The van der Waals surface area contributed by atoms with E-state index in [0.717, 1.165) is 27.1 Å². The number of hydrogen-bond acceptors (Lipinski definition) is 7. The Kier molecular flexibility index (Phi) is 6.47. The number of aryl methyl sites for hydroxylation is 2. The van der Waals surface area contributed by atoms with E-state index in [1.54, 1.807) is 48.7 Å². The first-order valence-electron chi connectivity index (χ1n) is 10.6. The second-order valence-electron chi connectivity index (χ2n) is 7.67. The van der Waals surface area contributed by atoms with E-state index in [-0.39, 0.29) is 23.6 Å². The number of anilines is 1. The summed E-state index contributed by atoms with van der Waals surface area (Å²) in [6.45, 7) is 5.67. The molecule has 0 saturated carbocycles. The van der Waals surface area contributed by atoms with Crippen LogP contribution in [0.2, 0.25) is 0 Å². The lowest BCUT2D eigenvalue weighted by molar-refractivity contribution is 0.0520. The van der Waals surface area contributed by atoms with E-state index in [4.69, 9.17) is 9.47 Å². The van der Waals surface area contributed by atoms with E-state index < -0.39 is 11.5 Å². The SMILES string of the molecule is CCOC(=O)c1nn(-c2cccc(OC)c2)c(=O)c2c(NC(=O)c3cc(C)cc(C)c3)scc12. The summed E-state index contributed by atoms with van der Waals surface area (Å²) in [4.78, 5) is 39.2. The Morgan fingerprint density at radius 3 is 2.53 bits per heavy atom. The van der Waals surface area contributed by atoms with Crippen LogP contribution in [0.4, 0.5) is 5.00 Å². The van der Waals surface area contributed by atoms with Gasteiger partial charge in [0.2, 0.25) is 0 Å². The molecule has 1 amide bonds. The molecule has 0 aliphatic carbocycles. The molecule has 4 aromatic rings. The fraction of sp³-hybridized carbons (Fsp3) is 0.200. The quantitative estimate of drug-likeness (QED) is 0.411. The summed E-state index contributed by atoms with van der Waals surface area (Å²) in [6, 6.07) is 12.3. The predicted octanol–water partition coefficient (Wildman–Crippen LogP) is 4.50. The Bertz CT molecular complexity index is 1450. The molecule has 4 rings (SSSR count). The number of benzene rings is 2. The summed E-state index contributed by atoms with van der Waals surface area (Å²) >= 11 is 1.15. The normalized spacial score (nSPS) is 10.8. The number of ether oxygens (including phenoxy) is 2. The summed E-state index contributed by atoms with van der Waals surface area (Å²) in [6.07, 6.45) is 0. The van der Waals surface area contributed by atoms with Gasteiger partial charge in [0.05, 0.1) is 24.8 Å². The highest BCUT2D eigenvalue weighted by molar-refractivity contribution is 7.16. The summed E-state index contributed by atoms with van der Waals surface area (Å²) in [7, 11) is 1.52. The molecular weight excluding hydrogens is 454 g/mol. The maximum absolute atomic E-state index is 13.5. The third kappa shape index (κ3) is 4.42. The first kappa shape index (κ1) is 23.2. The monoisotopic (exact) mass is 477 g/mol. The van der Waals surface area contributed by atoms with Gasteiger partial charge < -0.3 is 14.8 Å². The summed E-state index contributed by atoms with van der Waals surface area (Å²) in [5.41, 5.74) is 2.31. The predicted molar refractivity (Wildman–Crippen MR) is 132 cm³/mol. The average molecular weight is 478 g/mol. The van der Waals surface area contributed by atoms with Crippen LogP contribution in [0.25, 0.3) is 16.5 Å². The summed E-state index contributed by atoms with van der Waals surface area (Å²) in [5, 5.41) is 9.61. The molecule has 0 saturated heterocycles. The molecular formula is C25H23N3O5S. The fourth-order valence-corrected chi connectivity index (χ4v) is 4.62. The third-order valence-corrected chi connectivity index (χ3v) is 6.03. The molecule has 2 aromatic heterocycles. The minimum absolute atomic E-state index is 0.0116. The lowest BCUT2D eigenvalue weighted by Crippen LogP contribution is -2.25. The van der Waals surface area contributed by atoms with Gasteiger partial charge in [0.1, 0.15) is 10.8 Å². The number of hydrogen-bond donors (Lipinski definition) is 1. The lowest BCUT2D eigenvalue weighted by atomic mass is 10.1. The van der Waals surface area contributed by atoms with Gasteiger partial charge in [0.15, 0.2) is 5.69 Å². The highest BCUT2D eigenvalue weighted by Crippen LogP contribution is 2.31. The maximum Gasteiger partial charge on any atom is 0.359 e. The van der Waals surface area contributed by atoms with E-state index in [2.05, 4.69) is 10.4 Å². The largest absolute Gasteiger partial charge is 0.497 e. The Morgan fingerprint density at radius 2 is 1.85 bits per heavy atom. The standard InChI is InChI=1S/C25H23N3O5S/c1-5-33-25(31)21-19-13-34-23(26-22(29)16-10-14(2)9-15(3)11-16)20(19)24(30)28(27-21)17-7-6-8-18(12-17)32-4/h6-13H,5H2,1-4H3,(H,26,29). The zero-order valence-corrected chi connectivity index (χ0v) is 20.0.